The average Bonchev–Trinajstić information content (AvgIpc) is 3.51. The molecule has 164 valence electrons. The molecular weight excluding hydrogens is 410 g/mol. The van der Waals surface area contributed by atoms with Crippen LogP contribution in [-0.2, 0) is 4.79 Å². The van der Waals surface area contributed by atoms with Crippen molar-refractivity contribution in [3.8, 4) is 11.5 Å². The standard InChI is InChI=1S/C22H23N7O3/c1-3-18(30)29-10-8-16(13-29)28(2)17-12-25-19(20(23)31)21(27-17)26-15-6-4-14(5-7-15)22-24-9-11-32-22/h3-7,9,11-12,16H,1,8,10,13H2,2H3,(H2,23,31)(H,26,27). The average molecular weight is 433 g/mol. The predicted molar refractivity (Wildman–Crippen MR) is 119 cm³/mol. The highest BCUT2D eigenvalue weighted by Crippen LogP contribution is 2.26. The van der Waals surface area contributed by atoms with E-state index in [0.717, 1.165) is 12.0 Å². The minimum Gasteiger partial charge on any atom is -0.445 e. The molecule has 0 bridgehead atoms. The Kier molecular flexibility index (Phi) is 5.84. The Bertz CT molecular complexity index is 1130. The number of likely N-dealkylation sites (N-methyl/N-ethyl adjacent to an activating group) is 1. The second-order valence-corrected chi connectivity index (χ2v) is 7.37. The van der Waals surface area contributed by atoms with Gasteiger partial charge in [-0.15, -0.1) is 0 Å². The van der Waals surface area contributed by atoms with Crippen molar-refractivity contribution in [2.75, 3.05) is 30.4 Å². The molecular formula is C22H23N7O3. The first-order valence-corrected chi connectivity index (χ1v) is 10.0. The fraction of sp³-hybridized carbons (Fsp3) is 0.227. The van der Waals surface area contributed by atoms with Crippen LogP contribution in [0.4, 0.5) is 17.3 Å². The van der Waals surface area contributed by atoms with Gasteiger partial charge in [0.25, 0.3) is 5.91 Å². The third-order valence-corrected chi connectivity index (χ3v) is 5.38. The number of rotatable bonds is 7. The van der Waals surface area contributed by atoms with Crippen LogP contribution in [-0.4, -0.2) is 57.8 Å². The molecule has 0 aliphatic carbocycles. The number of aromatic nitrogens is 3. The fourth-order valence-electron chi connectivity index (χ4n) is 3.59. The Morgan fingerprint density at radius 3 is 2.75 bits per heavy atom. The van der Waals surface area contributed by atoms with Gasteiger partial charge in [0.15, 0.2) is 11.5 Å². The normalized spacial score (nSPS) is 15.4. The highest BCUT2D eigenvalue weighted by atomic mass is 16.3. The van der Waals surface area contributed by atoms with Crippen molar-refractivity contribution in [3.05, 3.63) is 61.3 Å². The second-order valence-electron chi connectivity index (χ2n) is 7.37. The SMILES string of the molecule is C=CC(=O)N1CCC(N(C)c2cnc(C(N)=O)c(Nc3ccc(-c4ncco4)cc3)n2)C1. The highest BCUT2D eigenvalue weighted by molar-refractivity contribution is 5.96. The van der Waals surface area contributed by atoms with Crippen molar-refractivity contribution in [2.24, 2.45) is 5.73 Å². The molecule has 32 heavy (non-hydrogen) atoms. The summed E-state index contributed by atoms with van der Waals surface area (Å²) >= 11 is 0. The van der Waals surface area contributed by atoms with E-state index in [4.69, 9.17) is 10.2 Å². The number of likely N-dealkylation sites (tertiary alicyclic amines) is 1. The van der Waals surface area contributed by atoms with E-state index in [-0.39, 0.29) is 23.5 Å². The molecule has 0 saturated carbocycles. The molecule has 3 aromatic rings. The van der Waals surface area contributed by atoms with E-state index in [1.54, 1.807) is 11.1 Å². The zero-order chi connectivity index (χ0) is 22.7. The van der Waals surface area contributed by atoms with Gasteiger partial charge < -0.3 is 25.3 Å². The van der Waals surface area contributed by atoms with Crippen molar-refractivity contribution in [3.63, 3.8) is 0 Å². The van der Waals surface area contributed by atoms with E-state index in [1.807, 2.05) is 36.2 Å². The highest BCUT2D eigenvalue weighted by Gasteiger charge is 2.29. The van der Waals surface area contributed by atoms with Gasteiger partial charge in [-0.1, -0.05) is 6.58 Å². The summed E-state index contributed by atoms with van der Waals surface area (Å²) < 4.78 is 5.30. The third kappa shape index (κ3) is 4.29. The first kappa shape index (κ1) is 21.0. The van der Waals surface area contributed by atoms with E-state index >= 15 is 0 Å². The largest absolute Gasteiger partial charge is 0.445 e. The summed E-state index contributed by atoms with van der Waals surface area (Å²) in [5, 5.41) is 3.12. The summed E-state index contributed by atoms with van der Waals surface area (Å²) in [7, 11) is 1.88. The van der Waals surface area contributed by atoms with E-state index in [9.17, 15) is 9.59 Å². The number of nitrogens with two attached hydrogens (primary N) is 1. The zero-order valence-corrected chi connectivity index (χ0v) is 17.6. The van der Waals surface area contributed by atoms with Crippen molar-refractivity contribution < 1.29 is 14.0 Å². The molecule has 1 saturated heterocycles. The Balaban J connectivity index is 1.55. The molecule has 2 amide bonds. The second kappa shape index (κ2) is 8.88. The Morgan fingerprint density at radius 2 is 2.09 bits per heavy atom. The van der Waals surface area contributed by atoms with E-state index in [2.05, 4.69) is 26.8 Å². The lowest BCUT2D eigenvalue weighted by atomic mass is 10.2. The van der Waals surface area contributed by atoms with Gasteiger partial charge >= 0.3 is 0 Å². The lowest BCUT2D eigenvalue weighted by molar-refractivity contribution is -0.125. The van der Waals surface area contributed by atoms with Gasteiger partial charge in [-0.2, -0.15) is 0 Å². The Morgan fingerprint density at radius 1 is 1.31 bits per heavy atom. The van der Waals surface area contributed by atoms with Crippen molar-refractivity contribution in [1.82, 2.24) is 19.9 Å². The lowest BCUT2D eigenvalue weighted by Crippen LogP contribution is -2.36. The van der Waals surface area contributed by atoms with Crippen molar-refractivity contribution in [2.45, 2.75) is 12.5 Å². The molecule has 0 spiro atoms. The molecule has 0 radical (unpaired) electrons. The zero-order valence-electron chi connectivity index (χ0n) is 17.6. The number of carbonyl (C=O) groups excluding carboxylic acids is 2. The molecule has 10 heteroatoms. The van der Waals surface area contributed by atoms with Crippen LogP contribution in [0.25, 0.3) is 11.5 Å². The molecule has 4 rings (SSSR count). The smallest absolute Gasteiger partial charge is 0.271 e. The molecule has 1 atom stereocenters. The number of hydrogen-bond acceptors (Lipinski definition) is 8. The van der Waals surface area contributed by atoms with Crippen molar-refractivity contribution >= 4 is 29.1 Å². The minimum atomic E-state index is -0.686. The molecule has 1 aliphatic rings. The number of benzene rings is 1. The first-order chi connectivity index (χ1) is 15.5. The van der Waals surface area contributed by atoms with Crippen molar-refractivity contribution in [1.29, 1.82) is 0 Å². The molecule has 3 N–H and O–H groups in total. The van der Waals surface area contributed by atoms with Crippen LogP contribution >= 0.6 is 0 Å². The number of carbonyl (C=O) groups is 2. The van der Waals surface area contributed by atoms with Crippen LogP contribution < -0.4 is 16.0 Å². The number of nitrogens with zero attached hydrogens (tertiary/aromatic N) is 5. The molecule has 2 aromatic heterocycles. The Labute approximate surface area is 184 Å². The third-order valence-electron chi connectivity index (χ3n) is 5.38. The predicted octanol–water partition coefficient (Wildman–Crippen LogP) is 2.20. The van der Waals surface area contributed by atoms with E-state index < -0.39 is 5.91 Å². The molecule has 1 aliphatic heterocycles. The maximum Gasteiger partial charge on any atom is 0.271 e. The molecule has 10 nitrogen and oxygen atoms in total. The van der Waals surface area contributed by atoms with E-state index in [1.165, 1.54) is 18.5 Å². The topological polar surface area (TPSA) is 130 Å². The number of oxazole rings is 1. The number of nitrogens with one attached hydrogen (secondary N) is 1. The van der Waals surface area contributed by atoms with Gasteiger partial charge in [0.2, 0.25) is 11.8 Å². The molecule has 1 fully saturated rings. The summed E-state index contributed by atoms with van der Waals surface area (Å²) in [6.07, 6.45) is 6.71. The van der Waals surface area contributed by atoms with Gasteiger partial charge in [-0.05, 0) is 36.8 Å². The van der Waals surface area contributed by atoms with Crippen LogP contribution in [0.2, 0.25) is 0 Å². The summed E-state index contributed by atoms with van der Waals surface area (Å²) in [5.41, 5.74) is 7.05. The van der Waals surface area contributed by atoms with Crippen LogP contribution in [0.1, 0.15) is 16.9 Å². The van der Waals surface area contributed by atoms with Gasteiger partial charge in [0.05, 0.1) is 12.4 Å². The van der Waals surface area contributed by atoms with Gasteiger partial charge in [0.1, 0.15) is 12.1 Å². The summed E-state index contributed by atoms with van der Waals surface area (Å²) in [5.74, 6) is 0.550. The van der Waals surface area contributed by atoms with Crippen LogP contribution in [0, 0.1) is 0 Å². The summed E-state index contributed by atoms with van der Waals surface area (Å²) in [6, 6.07) is 7.38. The van der Waals surface area contributed by atoms with Gasteiger partial charge in [0, 0.05) is 37.4 Å². The summed E-state index contributed by atoms with van der Waals surface area (Å²) in [6.45, 7) is 4.75. The maximum atomic E-state index is 11.9. The maximum absolute atomic E-state index is 11.9. The number of amides is 2. The molecule has 1 unspecified atom stereocenters. The number of primary amides is 1. The van der Waals surface area contributed by atoms with Crippen LogP contribution in [0.15, 0.2) is 60.0 Å². The van der Waals surface area contributed by atoms with Crippen LogP contribution in [0.3, 0.4) is 0 Å². The quantitative estimate of drug-likeness (QED) is 0.542. The van der Waals surface area contributed by atoms with E-state index in [0.29, 0.717) is 30.5 Å². The van der Waals surface area contributed by atoms with Gasteiger partial charge in [-0.25, -0.2) is 15.0 Å². The molecule has 3 heterocycles. The van der Waals surface area contributed by atoms with Crippen LogP contribution in [0.5, 0.6) is 0 Å². The first-order valence-electron chi connectivity index (χ1n) is 10.0. The number of hydrogen-bond donors (Lipinski definition) is 2. The number of anilines is 3. The van der Waals surface area contributed by atoms with Gasteiger partial charge in [-0.3, -0.25) is 9.59 Å². The fourth-order valence-corrected chi connectivity index (χ4v) is 3.59. The molecule has 1 aromatic carbocycles. The monoisotopic (exact) mass is 433 g/mol. The lowest BCUT2D eigenvalue weighted by Gasteiger charge is -2.26. The summed E-state index contributed by atoms with van der Waals surface area (Å²) in [4.78, 5) is 40.4. The minimum absolute atomic E-state index is 0.0359. The Hall–Kier alpha value is -4.21.